The molecule has 2 aromatic rings. The molecular formula is C18H27N3O2. The molecule has 0 aliphatic carbocycles. The van der Waals surface area contributed by atoms with E-state index < -0.39 is 0 Å². The third-order valence-corrected chi connectivity index (χ3v) is 3.10. The number of rotatable bonds is 2. The highest BCUT2D eigenvalue weighted by atomic mass is 16.3. The summed E-state index contributed by atoms with van der Waals surface area (Å²) in [6.07, 6.45) is 0. The number of aromatic hydroxyl groups is 1. The maximum Gasteiger partial charge on any atom is 0.281 e. The lowest BCUT2D eigenvalue weighted by molar-refractivity contribution is 0.418. The molecule has 0 aliphatic rings. The van der Waals surface area contributed by atoms with Crippen LogP contribution >= 0.6 is 0 Å². The predicted octanol–water partition coefficient (Wildman–Crippen LogP) is 5.18. The summed E-state index contributed by atoms with van der Waals surface area (Å²) in [5.74, 6) is -0.0406. The summed E-state index contributed by atoms with van der Waals surface area (Å²) in [5.41, 5.74) is 1.83. The van der Waals surface area contributed by atoms with Crippen LogP contribution in [-0.4, -0.2) is 9.67 Å². The van der Waals surface area contributed by atoms with Crippen molar-refractivity contribution in [2.75, 3.05) is 0 Å². The second-order valence-corrected chi connectivity index (χ2v) is 4.32. The van der Waals surface area contributed by atoms with Crippen LogP contribution < -0.4 is 5.56 Å². The minimum absolute atomic E-state index is 0.0406. The summed E-state index contributed by atoms with van der Waals surface area (Å²) in [7, 11) is 1.51. The Bertz CT molecular complexity index is 690. The summed E-state index contributed by atoms with van der Waals surface area (Å²) in [6.45, 7) is 11.5. The first kappa shape index (κ1) is 20.6. The molecule has 0 amide bonds. The highest BCUT2D eigenvalue weighted by molar-refractivity contribution is 5.51. The van der Waals surface area contributed by atoms with Gasteiger partial charge in [0.2, 0.25) is 0 Å². The molecule has 0 bridgehead atoms. The van der Waals surface area contributed by atoms with Crippen LogP contribution in [0.25, 0.3) is 0 Å². The zero-order chi connectivity index (χ0) is 18.0. The molecule has 126 valence electrons. The number of azo groups is 1. The molecule has 1 aromatic carbocycles. The third kappa shape index (κ3) is 5.06. The topological polar surface area (TPSA) is 67.0 Å². The van der Waals surface area contributed by atoms with Gasteiger partial charge in [-0.1, -0.05) is 45.9 Å². The largest absolute Gasteiger partial charge is 0.494 e. The smallest absolute Gasteiger partial charge is 0.281 e. The molecule has 0 radical (unpaired) electrons. The lowest BCUT2D eigenvalue weighted by Gasteiger charge is -2.09. The van der Waals surface area contributed by atoms with Crippen LogP contribution in [0, 0.1) is 13.8 Å². The first-order valence-electron chi connectivity index (χ1n) is 7.88. The van der Waals surface area contributed by atoms with Gasteiger partial charge >= 0.3 is 0 Å². The molecular weight excluding hydrogens is 290 g/mol. The zero-order valence-electron chi connectivity index (χ0n) is 15.1. The van der Waals surface area contributed by atoms with Gasteiger partial charge in [-0.25, -0.2) is 0 Å². The fourth-order valence-electron chi connectivity index (χ4n) is 1.73. The van der Waals surface area contributed by atoms with E-state index in [2.05, 4.69) is 10.2 Å². The van der Waals surface area contributed by atoms with Crippen LogP contribution in [-0.2, 0) is 7.05 Å². The minimum Gasteiger partial charge on any atom is -0.494 e. The van der Waals surface area contributed by atoms with Gasteiger partial charge in [0.15, 0.2) is 11.6 Å². The van der Waals surface area contributed by atoms with E-state index in [0.717, 1.165) is 0 Å². The molecule has 1 N–H and O–H groups in total. The van der Waals surface area contributed by atoms with Crippen molar-refractivity contribution in [2.45, 2.75) is 41.5 Å². The van der Waals surface area contributed by atoms with E-state index in [1.165, 1.54) is 11.6 Å². The minimum atomic E-state index is -0.361. The quantitative estimate of drug-likeness (QED) is 0.776. The molecule has 5 heteroatoms. The van der Waals surface area contributed by atoms with Crippen LogP contribution in [0.3, 0.4) is 0 Å². The lowest BCUT2D eigenvalue weighted by Crippen LogP contribution is -2.18. The molecule has 0 saturated heterocycles. The Morgan fingerprint density at radius 2 is 1.43 bits per heavy atom. The van der Waals surface area contributed by atoms with Crippen LogP contribution in [0.2, 0.25) is 0 Å². The van der Waals surface area contributed by atoms with Crippen LogP contribution in [0.4, 0.5) is 11.4 Å². The summed E-state index contributed by atoms with van der Waals surface area (Å²) >= 11 is 0. The van der Waals surface area contributed by atoms with Gasteiger partial charge in [-0.15, -0.1) is 5.11 Å². The second kappa shape index (κ2) is 10.3. The molecule has 0 spiro atoms. The number of benzene rings is 1. The summed E-state index contributed by atoms with van der Waals surface area (Å²) in [6, 6.07) is 9.18. The van der Waals surface area contributed by atoms with E-state index >= 15 is 0 Å². The monoisotopic (exact) mass is 317 g/mol. The van der Waals surface area contributed by atoms with E-state index in [1.54, 1.807) is 26.0 Å². The van der Waals surface area contributed by atoms with Crippen LogP contribution in [0.5, 0.6) is 5.88 Å². The van der Waals surface area contributed by atoms with Crippen molar-refractivity contribution >= 4 is 11.4 Å². The zero-order valence-corrected chi connectivity index (χ0v) is 15.1. The Balaban J connectivity index is 0.00000112. The van der Waals surface area contributed by atoms with Crippen molar-refractivity contribution in [2.24, 2.45) is 17.3 Å². The average molecular weight is 317 g/mol. The van der Waals surface area contributed by atoms with E-state index in [1.807, 2.05) is 45.9 Å². The Morgan fingerprint density at radius 3 is 1.96 bits per heavy atom. The molecule has 1 heterocycles. The van der Waals surface area contributed by atoms with Crippen molar-refractivity contribution in [3.8, 4) is 5.88 Å². The molecule has 23 heavy (non-hydrogen) atoms. The standard InChI is InChI=1S/C14H15N3O2.2C2H6/c1-9-10(2)13(18)17(3)14(19)12(9)16-15-11-7-5-4-6-8-11;2*1-2/h4-8,18H,1-3H3;2*1-2H3. The summed E-state index contributed by atoms with van der Waals surface area (Å²) in [5, 5.41) is 17.8. The maximum absolute atomic E-state index is 12.0. The van der Waals surface area contributed by atoms with Gasteiger partial charge < -0.3 is 5.11 Å². The molecule has 0 aliphatic heterocycles. The van der Waals surface area contributed by atoms with Gasteiger partial charge in [0.05, 0.1) is 5.69 Å². The first-order chi connectivity index (χ1) is 11.0. The van der Waals surface area contributed by atoms with Gasteiger partial charge in [0, 0.05) is 12.6 Å². The maximum atomic E-state index is 12.0. The Kier molecular flexibility index (Phi) is 9.23. The number of pyridine rings is 1. The van der Waals surface area contributed by atoms with Crippen molar-refractivity contribution in [3.63, 3.8) is 0 Å². The van der Waals surface area contributed by atoms with Crippen molar-refractivity contribution in [1.29, 1.82) is 0 Å². The Hall–Kier alpha value is -2.43. The number of aromatic nitrogens is 1. The van der Waals surface area contributed by atoms with Gasteiger partial charge in [0.1, 0.15) is 0 Å². The van der Waals surface area contributed by atoms with Gasteiger partial charge in [0.25, 0.3) is 5.56 Å². The Labute approximate surface area is 138 Å². The lowest BCUT2D eigenvalue weighted by atomic mass is 10.1. The van der Waals surface area contributed by atoms with E-state index in [4.69, 9.17) is 0 Å². The van der Waals surface area contributed by atoms with Gasteiger partial charge in [-0.2, -0.15) is 5.11 Å². The van der Waals surface area contributed by atoms with Crippen molar-refractivity contribution in [1.82, 2.24) is 4.57 Å². The number of nitrogens with zero attached hydrogens (tertiary/aromatic N) is 3. The molecule has 0 saturated carbocycles. The first-order valence-corrected chi connectivity index (χ1v) is 7.88. The molecule has 2 rings (SSSR count). The normalized spacial score (nSPS) is 9.70. The van der Waals surface area contributed by atoms with Crippen molar-refractivity contribution in [3.05, 3.63) is 51.8 Å². The van der Waals surface area contributed by atoms with E-state index in [9.17, 15) is 9.90 Å². The number of hydrogen-bond acceptors (Lipinski definition) is 4. The molecule has 0 unspecified atom stereocenters. The summed E-state index contributed by atoms with van der Waals surface area (Å²) < 4.78 is 1.17. The second-order valence-electron chi connectivity index (χ2n) is 4.32. The fourth-order valence-corrected chi connectivity index (χ4v) is 1.73. The van der Waals surface area contributed by atoms with Gasteiger partial charge in [-0.05, 0) is 31.5 Å². The highest BCUT2D eigenvalue weighted by Gasteiger charge is 2.13. The Morgan fingerprint density at radius 1 is 0.913 bits per heavy atom. The SMILES string of the molecule is CC.CC.Cc1c(C)c(O)n(C)c(=O)c1N=Nc1ccccc1. The molecule has 5 nitrogen and oxygen atoms in total. The van der Waals surface area contributed by atoms with Crippen molar-refractivity contribution < 1.29 is 5.11 Å². The average Bonchev–Trinajstić information content (AvgIpc) is 2.62. The number of hydrogen-bond donors (Lipinski definition) is 1. The molecule has 0 fully saturated rings. The third-order valence-electron chi connectivity index (χ3n) is 3.10. The predicted molar refractivity (Wildman–Crippen MR) is 96.1 cm³/mol. The van der Waals surface area contributed by atoms with Crippen LogP contribution in [0.15, 0.2) is 45.4 Å². The summed E-state index contributed by atoms with van der Waals surface area (Å²) in [4.78, 5) is 12.0. The molecule has 0 atom stereocenters. The highest BCUT2D eigenvalue weighted by Crippen LogP contribution is 2.25. The van der Waals surface area contributed by atoms with Gasteiger partial charge in [-0.3, -0.25) is 9.36 Å². The van der Waals surface area contributed by atoms with Crippen LogP contribution in [0.1, 0.15) is 38.8 Å². The van der Waals surface area contributed by atoms with E-state index in [0.29, 0.717) is 16.8 Å². The molecule has 1 aromatic heterocycles. The fraction of sp³-hybridized carbons (Fsp3) is 0.389. The van der Waals surface area contributed by atoms with E-state index in [-0.39, 0.29) is 17.1 Å².